The maximum atomic E-state index is 12.4. The van der Waals surface area contributed by atoms with Crippen LogP contribution in [0.2, 0.25) is 0 Å². The van der Waals surface area contributed by atoms with Gasteiger partial charge in [0.05, 0.1) is 4.90 Å². The van der Waals surface area contributed by atoms with Crippen molar-refractivity contribution in [1.82, 2.24) is 9.71 Å². The van der Waals surface area contributed by atoms with Gasteiger partial charge in [-0.05, 0) is 18.6 Å². The Morgan fingerprint density at radius 3 is 2.90 bits per heavy atom. The second-order valence-electron chi connectivity index (χ2n) is 4.59. The zero-order chi connectivity index (χ0) is 14.6. The zero-order valence-corrected chi connectivity index (χ0v) is 12.8. The molecule has 4 nitrogen and oxygen atoms in total. The second kappa shape index (κ2) is 6.52. The standard InChI is InChI=1S/C14H17ClN2O2S/c1-2-4-12(15)10-17-20(18,19)14-6-3-5-11-9-16-8-7-13(11)14/h3,5-9,12,17H,2,4,10H2,1H3. The van der Waals surface area contributed by atoms with E-state index < -0.39 is 10.0 Å². The molecule has 0 aliphatic heterocycles. The molecule has 0 amide bonds. The van der Waals surface area contributed by atoms with E-state index in [0.29, 0.717) is 5.39 Å². The van der Waals surface area contributed by atoms with E-state index in [0.717, 1.165) is 18.2 Å². The number of fused-ring (bicyclic) bond motifs is 1. The fraction of sp³-hybridized carbons (Fsp3) is 0.357. The number of aromatic nitrogens is 1. The minimum atomic E-state index is -3.56. The predicted molar refractivity (Wildman–Crippen MR) is 81.5 cm³/mol. The molecule has 0 aliphatic rings. The minimum absolute atomic E-state index is 0.189. The first-order valence-electron chi connectivity index (χ1n) is 6.51. The fourth-order valence-electron chi connectivity index (χ4n) is 2.02. The van der Waals surface area contributed by atoms with Gasteiger partial charge in [-0.25, -0.2) is 13.1 Å². The van der Waals surface area contributed by atoms with Crippen molar-refractivity contribution >= 4 is 32.4 Å². The van der Waals surface area contributed by atoms with Crippen molar-refractivity contribution in [2.24, 2.45) is 0 Å². The van der Waals surface area contributed by atoms with Crippen LogP contribution in [-0.4, -0.2) is 25.3 Å². The largest absolute Gasteiger partial charge is 0.264 e. The van der Waals surface area contributed by atoms with Crippen LogP contribution in [0, 0.1) is 0 Å². The molecule has 0 saturated heterocycles. The normalized spacial score (nSPS) is 13.5. The summed E-state index contributed by atoms with van der Waals surface area (Å²) in [6.07, 6.45) is 4.94. The first-order chi connectivity index (χ1) is 9.54. The summed E-state index contributed by atoms with van der Waals surface area (Å²) in [6, 6.07) is 6.84. The minimum Gasteiger partial charge on any atom is -0.264 e. The quantitative estimate of drug-likeness (QED) is 0.834. The third kappa shape index (κ3) is 3.48. The molecule has 1 atom stereocenters. The number of pyridine rings is 1. The predicted octanol–water partition coefficient (Wildman–Crippen LogP) is 2.92. The van der Waals surface area contributed by atoms with Crippen LogP contribution in [0.15, 0.2) is 41.6 Å². The molecule has 2 rings (SSSR count). The summed E-state index contributed by atoms with van der Waals surface area (Å²) in [5, 5.41) is 1.27. The van der Waals surface area contributed by atoms with Crippen LogP contribution in [-0.2, 0) is 10.0 Å². The van der Waals surface area contributed by atoms with Crippen molar-refractivity contribution in [3.05, 3.63) is 36.7 Å². The summed E-state index contributed by atoms with van der Waals surface area (Å²) in [4.78, 5) is 4.26. The number of alkyl halides is 1. The first kappa shape index (κ1) is 15.2. The second-order valence-corrected chi connectivity index (χ2v) is 6.94. The van der Waals surface area contributed by atoms with Gasteiger partial charge >= 0.3 is 0 Å². The van der Waals surface area contributed by atoms with Crippen molar-refractivity contribution in [3.8, 4) is 0 Å². The summed E-state index contributed by atoms with van der Waals surface area (Å²) < 4.78 is 27.3. The number of rotatable bonds is 6. The van der Waals surface area contributed by atoms with Crippen molar-refractivity contribution < 1.29 is 8.42 Å². The fourth-order valence-corrected chi connectivity index (χ4v) is 3.72. The van der Waals surface area contributed by atoms with Crippen LogP contribution < -0.4 is 4.72 Å². The smallest absolute Gasteiger partial charge is 0.241 e. The third-order valence-electron chi connectivity index (χ3n) is 3.03. The molecule has 0 saturated carbocycles. The van der Waals surface area contributed by atoms with E-state index in [4.69, 9.17) is 11.6 Å². The Kier molecular flexibility index (Phi) is 4.96. The van der Waals surface area contributed by atoms with E-state index in [9.17, 15) is 8.42 Å². The van der Waals surface area contributed by atoms with E-state index in [1.54, 1.807) is 30.6 Å². The van der Waals surface area contributed by atoms with E-state index in [1.807, 2.05) is 13.0 Å². The first-order valence-corrected chi connectivity index (χ1v) is 8.43. The molecule has 1 unspecified atom stereocenters. The van der Waals surface area contributed by atoms with E-state index in [2.05, 4.69) is 9.71 Å². The highest BCUT2D eigenvalue weighted by molar-refractivity contribution is 7.89. The molecule has 6 heteroatoms. The van der Waals surface area contributed by atoms with Crippen molar-refractivity contribution in [3.63, 3.8) is 0 Å². The Hall–Kier alpha value is -1.17. The Bertz CT molecular complexity index is 683. The Morgan fingerprint density at radius 2 is 2.15 bits per heavy atom. The summed E-state index contributed by atoms with van der Waals surface area (Å²) in [5.74, 6) is 0. The van der Waals surface area contributed by atoms with Crippen LogP contribution in [0.5, 0.6) is 0 Å². The van der Waals surface area contributed by atoms with Crippen LogP contribution in [0.3, 0.4) is 0 Å². The lowest BCUT2D eigenvalue weighted by molar-refractivity contribution is 0.577. The van der Waals surface area contributed by atoms with Gasteiger partial charge in [0.1, 0.15) is 0 Å². The van der Waals surface area contributed by atoms with Gasteiger partial charge in [-0.3, -0.25) is 4.98 Å². The molecule has 0 radical (unpaired) electrons. The van der Waals surface area contributed by atoms with Crippen LogP contribution in [0.1, 0.15) is 19.8 Å². The van der Waals surface area contributed by atoms with Crippen molar-refractivity contribution in [2.45, 2.75) is 30.0 Å². The lowest BCUT2D eigenvalue weighted by atomic mass is 10.2. The Labute approximate surface area is 124 Å². The molecular weight excluding hydrogens is 296 g/mol. The SMILES string of the molecule is CCCC(Cl)CNS(=O)(=O)c1cccc2cnccc12. The lowest BCUT2D eigenvalue weighted by Crippen LogP contribution is -2.30. The van der Waals surface area contributed by atoms with Gasteiger partial charge in [-0.2, -0.15) is 0 Å². The highest BCUT2D eigenvalue weighted by Crippen LogP contribution is 2.21. The van der Waals surface area contributed by atoms with Crippen LogP contribution in [0.25, 0.3) is 10.8 Å². The van der Waals surface area contributed by atoms with Gasteiger partial charge in [0.25, 0.3) is 0 Å². The Balaban J connectivity index is 2.28. The summed E-state index contributed by atoms with van der Waals surface area (Å²) in [7, 11) is -3.56. The molecule has 0 spiro atoms. The molecule has 20 heavy (non-hydrogen) atoms. The van der Waals surface area contributed by atoms with Gasteiger partial charge in [0, 0.05) is 35.1 Å². The number of hydrogen-bond acceptors (Lipinski definition) is 3. The number of sulfonamides is 1. The molecule has 108 valence electrons. The molecule has 0 fully saturated rings. The van der Waals surface area contributed by atoms with Crippen LogP contribution >= 0.6 is 11.6 Å². The van der Waals surface area contributed by atoms with E-state index >= 15 is 0 Å². The topological polar surface area (TPSA) is 59.1 Å². The average Bonchev–Trinajstić information content (AvgIpc) is 2.45. The number of benzene rings is 1. The molecule has 1 heterocycles. The molecule has 0 bridgehead atoms. The van der Waals surface area contributed by atoms with Gasteiger partial charge in [-0.15, -0.1) is 11.6 Å². The molecular formula is C14H17ClN2O2S. The van der Waals surface area contributed by atoms with Crippen molar-refractivity contribution in [1.29, 1.82) is 0 Å². The summed E-state index contributed by atoms with van der Waals surface area (Å²) >= 11 is 6.06. The monoisotopic (exact) mass is 312 g/mol. The molecule has 1 N–H and O–H groups in total. The summed E-state index contributed by atoms with van der Waals surface area (Å²) in [6.45, 7) is 2.25. The lowest BCUT2D eigenvalue weighted by Gasteiger charge is -2.12. The highest BCUT2D eigenvalue weighted by Gasteiger charge is 2.18. The van der Waals surface area contributed by atoms with Crippen molar-refractivity contribution in [2.75, 3.05) is 6.54 Å². The zero-order valence-electron chi connectivity index (χ0n) is 11.2. The Morgan fingerprint density at radius 1 is 1.35 bits per heavy atom. The summed E-state index contributed by atoms with van der Waals surface area (Å²) in [5.41, 5.74) is 0. The van der Waals surface area contributed by atoms with Gasteiger partial charge in [-0.1, -0.05) is 25.5 Å². The molecule has 1 aromatic carbocycles. The number of nitrogens with zero attached hydrogens (tertiary/aromatic N) is 1. The van der Waals surface area contributed by atoms with Gasteiger partial charge in [0.2, 0.25) is 10.0 Å². The molecule has 1 aromatic heterocycles. The number of halogens is 1. The highest BCUT2D eigenvalue weighted by atomic mass is 35.5. The maximum Gasteiger partial charge on any atom is 0.241 e. The number of nitrogens with one attached hydrogen (secondary N) is 1. The number of hydrogen-bond donors (Lipinski definition) is 1. The van der Waals surface area contributed by atoms with E-state index in [-0.39, 0.29) is 16.8 Å². The maximum absolute atomic E-state index is 12.4. The average molecular weight is 313 g/mol. The molecule has 0 aliphatic carbocycles. The van der Waals surface area contributed by atoms with E-state index in [1.165, 1.54) is 0 Å². The van der Waals surface area contributed by atoms with Gasteiger partial charge < -0.3 is 0 Å². The molecule has 2 aromatic rings. The van der Waals surface area contributed by atoms with Gasteiger partial charge in [0.15, 0.2) is 0 Å². The van der Waals surface area contributed by atoms with Crippen LogP contribution in [0.4, 0.5) is 0 Å². The third-order valence-corrected chi connectivity index (χ3v) is 4.88.